The van der Waals surface area contributed by atoms with Crippen LogP contribution in [0, 0.1) is 5.92 Å². The molecule has 4 rings (SSSR count). The van der Waals surface area contributed by atoms with E-state index in [-0.39, 0.29) is 17.7 Å². The number of oxazole rings is 1. The molecule has 0 bridgehead atoms. The van der Waals surface area contributed by atoms with Crippen molar-refractivity contribution >= 4 is 34.4 Å². The van der Waals surface area contributed by atoms with Crippen molar-refractivity contribution in [3.05, 3.63) is 59.5 Å². The average Bonchev–Trinajstić information content (AvgIpc) is 3.30. The van der Waals surface area contributed by atoms with Crippen LogP contribution in [-0.2, 0) is 4.79 Å². The van der Waals surface area contributed by atoms with Gasteiger partial charge in [0.1, 0.15) is 11.1 Å². The Hall–Kier alpha value is -3.72. The number of fused-ring (bicyclic) bond motifs is 1. The zero-order chi connectivity index (χ0) is 27.6. The molecule has 2 aromatic carbocycles. The van der Waals surface area contributed by atoms with Crippen LogP contribution in [0.15, 0.2) is 46.9 Å². The maximum atomic E-state index is 13.8. The van der Waals surface area contributed by atoms with Gasteiger partial charge in [0, 0.05) is 37.4 Å². The average molecular weight is 520 g/mol. The van der Waals surface area contributed by atoms with Crippen LogP contribution in [0.25, 0.3) is 11.1 Å². The van der Waals surface area contributed by atoms with Crippen LogP contribution in [0.3, 0.4) is 0 Å². The van der Waals surface area contributed by atoms with E-state index in [0.717, 1.165) is 31.9 Å². The molecule has 2 heterocycles. The van der Waals surface area contributed by atoms with Crippen molar-refractivity contribution in [3.8, 4) is 0 Å². The van der Waals surface area contributed by atoms with Gasteiger partial charge in [0.15, 0.2) is 5.58 Å². The Labute approximate surface area is 223 Å². The van der Waals surface area contributed by atoms with Crippen molar-refractivity contribution in [3.63, 3.8) is 0 Å². The number of rotatable bonds is 9. The number of anilines is 1. The lowest BCUT2D eigenvalue weighted by Gasteiger charge is -2.35. The van der Waals surface area contributed by atoms with Crippen LogP contribution in [-0.4, -0.2) is 66.2 Å². The zero-order valence-corrected chi connectivity index (χ0v) is 22.8. The number of nitrogens with two attached hydrogens (primary N) is 1. The highest BCUT2D eigenvalue weighted by Gasteiger charge is 2.37. The fourth-order valence-corrected chi connectivity index (χ4v) is 4.86. The number of primary amides is 1. The molecule has 0 unspecified atom stereocenters. The number of nitrogens with zero attached hydrogens (tertiary/aromatic N) is 3. The highest BCUT2D eigenvalue weighted by molar-refractivity contribution is 6.04. The van der Waals surface area contributed by atoms with Crippen molar-refractivity contribution in [2.75, 3.05) is 38.1 Å². The lowest BCUT2D eigenvalue weighted by molar-refractivity contribution is -0.124. The number of amides is 2. The summed E-state index contributed by atoms with van der Waals surface area (Å²) < 4.78 is 5.67. The Morgan fingerprint density at radius 1 is 1.08 bits per heavy atom. The molecule has 1 atom stereocenters. The first-order chi connectivity index (χ1) is 18.0. The van der Waals surface area contributed by atoms with Crippen LogP contribution in [0.5, 0.6) is 0 Å². The molecule has 9 heteroatoms. The minimum absolute atomic E-state index is 0.0631. The highest BCUT2D eigenvalue weighted by atomic mass is 16.4. The number of carbonyl (C=O) groups is 3. The molecule has 9 nitrogen and oxygen atoms in total. The van der Waals surface area contributed by atoms with Crippen molar-refractivity contribution < 1.29 is 18.8 Å². The molecule has 3 aromatic rings. The molecule has 0 spiro atoms. The molecule has 3 N–H and O–H groups in total. The standard InChI is InChI=1S/C29H37N5O4/c1-18(2)16-22(21-17-19(10-11-20(21)26(30)36)34-14-12-33(5)13-15-34)27(37)32-29(3,4)25(35)28-31-23-8-6-7-9-24(23)38-28/h6-11,17-18,22H,12-16H2,1-5H3,(H2,30,36)(H,32,37)/t22-/m0/s1. The maximum Gasteiger partial charge on any atom is 0.266 e. The second-order valence-corrected chi connectivity index (χ2v) is 11.0. The number of benzene rings is 2. The summed E-state index contributed by atoms with van der Waals surface area (Å²) in [6.45, 7) is 10.8. The topological polar surface area (TPSA) is 122 Å². The molecule has 1 aromatic heterocycles. The van der Waals surface area contributed by atoms with E-state index in [2.05, 4.69) is 27.1 Å². The van der Waals surface area contributed by atoms with Crippen LogP contribution in [0.1, 0.15) is 66.6 Å². The molecule has 202 valence electrons. The van der Waals surface area contributed by atoms with Crippen molar-refractivity contribution in [1.82, 2.24) is 15.2 Å². The fraction of sp³-hybridized carbons (Fsp3) is 0.448. The molecule has 1 saturated heterocycles. The highest BCUT2D eigenvalue weighted by Crippen LogP contribution is 2.32. The second kappa shape index (κ2) is 10.9. The molecular weight excluding hydrogens is 482 g/mol. The summed E-state index contributed by atoms with van der Waals surface area (Å²) in [6.07, 6.45) is 0.478. The molecule has 1 aliphatic heterocycles. The summed E-state index contributed by atoms with van der Waals surface area (Å²) in [5.74, 6) is -1.98. The number of aromatic nitrogens is 1. The van der Waals surface area contributed by atoms with E-state index in [4.69, 9.17) is 10.2 Å². The first-order valence-electron chi connectivity index (χ1n) is 13.1. The van der Waals surface area contributed by atoms with Crippen LogP contribution >= 0.6 is 0 Å². The molecule has 1 fully saturated rings. The van der Waals surface area contributed by atoms with Gasteiger partial charge in [-0.05, 0) is 69.1 Å². The largest absolute Gasteiger partial charge is 0.434 e. The fourth-order valence-electron chi connectivity index (χ4n) is 4.86. The maximum absolute atomic E-state index is 13.8. The quantitative estimate of drug-likeness (QED) is 0.414. The monoisotopic (exact) mass is 519 g/mol. The Kier molecular flexibility index (Phi) is 7.87. The predicted molar refractivity (Wildman–Crippen MR) is 147 cm³/mol. The summed E-state index contributed by atoms with van der Waals surface area (Å²) in [7, 11) is 2.09. The number of piperazine rings is 1. The first kappa shape index (κ1) is 27.3. The summed E-state index contributed by atoms with van der Waals surface area (Å²) >= 11 is 0. The van der Waals surface area contributed by atoms with Crippen molar-refractivity contribution in [2.24, 2.45) is 11.7 Å². The molecule has 0 saturated carbocycles. The number of Topliss-reactive ketones (excluding diaryl/α,β-unsaturated/α-hetero) is 1. The van der Waals surface area contributed by atoms with Gasteiger partial charge < -0.3 is 25.3 Å². The SMILES string of the molecule is CC(C)C[C@H](C(=O)NC(C)(C)C(=O)c1nc2ccccc2o1)c1cc(N2CCN(C)CC2)ccc1C(N)=O. The van der Waals surface area contributed by atoms with E-state index in [1.54, 1.807) is 38.1 Å². The Morgan fingerprint density at radius 3 is 2.39 bits per heavy atom. The molecule has 1 aliphatic rings. The van der Waals surface area contributed by atoms with Gasteiger partial charge in [-0.3, -0.25) is 14.4 Å². The van der Waals surface area contributed by atoms with E-state index < -0.39 is 23.1 Å². The van der Waals surface area contributed by atoms with Gasteiger partial charge in [0.25, 0.3) is 5.89 Å². The summed E-state index contributed by atoms with van der Waals surface area (Å²) in [5, 5.41) is 2.91. The predicted octanol–water partition coefficient (Wildman–Crippen LogP) is 3.59. The van der Waals surface area contributed by atoms with Crippen molar-refractivity contribution in [2.45, 2.75) is 45.6 Å². The lowest BCUT2D eigenvalue weighted by Crippen LogP contribution is -2.51. The number of likely N-dealkylation sites (N-methyl/N-ethyl adjacent to an activating group) is 1. The van der Waals surface area contributed by atoms with Gasteiger partial charge in [-0.2, -0.15) is 0 Å². The smallest absolute Gasteiger partial charge is 0.266 e. The molecule has 2 amide bonds. The van der Waals surface area contributed by atoms with Gasteiger partial charge >= 0.3 is 0 Å². The third-order valence-corrected chi connectivity index (χ3v) is 7.06. The van der Waals surface area contributed by atoms with Gasteiger partial charge in [-0.15, -0.1) is 0 Å². The minimum Gasteiger partial charge on any atom is -0.434 e. The Morgan fingerprint density at radius 2 is 1.76 bits per heavy atom. The lowest BCUT2D eigenvalue weighted by atomic mass is 9.85. The third-order valence-electron chi connectivity index (χ3n) is 7.06. The molecule has 38 heavy (non-hydrogen) atoms. The third kappa shape index (κ3) is 5.88. The molecule has 0 aliphatic carbocycles. The van der Waals surface area contributed by atoms with Gasteiger partial charge in [-0.25, -0.2) is 4.98 Å². The first-order valence-corrected chi connectivity index (χ1v) is 13.1. The zero-order valence-electron chi connectivity index (χ0n) is 22.8. The van der Waals surface area contributed by atoms with E-state index in [0.29, 0.717) is 28.6 Å². The minimum atomic E-state index is -1.30. The number of para-hydroxylation sites is 2. The van der Waals surface area contributed by atoms with Gasteiger partial charge in [0.05, 0.1) is 5.92 Å². The summed E-state index contributed by atoms with van der Waals surface area (Å²) in [5.41, 5.74) is 7.36. The number of hydrogen-bond acceptors (Lipinski definition) is 7. The number of carbonyl (C=O) groups excluding carboxylic acids is 3. The molecule has 0 radical (unpaired) electrons. The van der Waals surface area contributed by atoms with Crippen molar-refractivity contribution in [1.29, 1.82) is 0 Å². The number of ketones is 1. The van der Waals surface area contributed by atoms with E-state index in [1.807, 2.05) is 32.0 Å². The number of nitrogens with one attached hydrogen (secondary N) is 1. The van der Waals surface area contributed by atoms with Crippen LogP contribution < -0.4 is 16.0 Å². The van der Waals surface area contributed by atoms with Gasteiger partial charge in [0.2, 0.25) is 17.6 Å². The van der Waals surface area contributed by atoms with E-state index in [9.17, 15) is 14.4 Å². The second-order valence-electron chi connectivity index (χ2n) is 11.0. The van der Waals surface area contributed by atoms with Crippen LogP contribution in [0.4, 0.5) is 5.69 Å². The Balaban J connectivity index is 1.64. The molecular formula is C29H37N5O4. The summed E-state index contributed by atoms with van der Waals surface area (Å²) in [4.78, 5) is 48.4. The van der Waals surface area contributed by atoms with E-state index >= 15 is 0 Å². The van der Waals surface area contributed by atoms with Crippen LogP contribution in [0.2, 0.25) is 0 Å². The van der Waals surface area contributed by atoms with E-state index in [1.165, 1.54) is 0 Å². The Bertz CT molecular complexity index is 1300. The number of hydrogen-bond donors (Lipinski definition) is 2. The normalized spacial score (nSPS) is 15.6. The van der Waals surface area contributed by atoms with Gasteiger partial charge in [-0.1, -0.05) is 26.0 Å². The summed E-state index contributed by atoms with van der Waals surface area (Å²) in [6, 6.07) is 12.6.